The van der Waals surface area contributed by atoms with Crippen LogP contribution in [0, 0.1) is 17.7 Å². The minimum atomic E-state index is -0.350. The highest BCUT2D eigenvalue weighted by Gasteiger charge is 2.42. The van der Waals surface area contributed by atoms with Crippen LogP contribution in [0.2, 0.25) is 0 Å². The molecule has 1 saturated carbocycles. The van der Waals surface area contributed by atoms with Crippen molar-refractivity contribution in [1.82, 2.24) is 19.7 Å². The van der Waals surface area contributed by atoms with Gasteiger partial charge in [-0.1, -0.05) is 6.07 Å². The minimum absolute atomic E-state index is 0.0526. The van der Waals surface area contributed by atoms with E-state index in [0.717, 1.165) is 18.8 Å². The zero-order chi connectivity index (χ0) is 22.9. The summed E-state index contributed by atoms with van der Waals surface area (Å²) in [4.78, 5) is 11.2. The molecule has 9 heteroatoms. The molecular formula is C24H29FN6O2. The van der Waals surface area contributed by atoms with Gasteiger partial charge in [-0.05, 0) is 56.7 Å². The van der Waals surface area contributed by atoms with Gasteiger partial charge in [0.15, 0.2) is 0 Å². The van der Waals surface area contributed by atoms with Crippen LogP contribution in [0.1, 0.15) is 32.7 Å². The highest BCUT2D eigenvalue weighted by atomic mass is 19.1. The first-order chi connectivity index (χ1) is 16.0. The van der Waals surface area contributed by atoms with Crippen molar-refractivity contribution in [2.75, 3.05) is 30.4 Å². The van der Waals surface area contributed by atoms with Gasteiger partial charge in [-0.2, -0.15) is 4.98 Å². The number of rotatable bonds is 7. The Morgan fingerprint density at radius 3 is 2.61 bits per heavy atom. The lowest BCUT2D eigenvalue weighted by atomic mass is 9.92. The van der Waals surface area contributed by atoms with Crippen molar-refractivity contribution in [3.8, 4) is 17.6 Å². The molecule has 1 aliphatic heterocycles. The van der Waals surface area contributed by atoms with E-state index in [-0.39, 0.29) is 11.9 Å². The third-order valence-electron chi connectivity index (χ3n) is 6.52. The SMILES string of the molecule is COc1cc(N2C[C@H]3CC[C@@H](C2)C3Nc2nc(Oc3cccc(F)c3)n(C(C)C)n2)ccn1. The monoisotopic (exact) mass is 452 g/mol. The summed E-state index contributed by atoms with van der Waals surface area (Å²) in [6.07, 6.45) is 4.13. The summed E-state index contributed by atoms with van der Waals surface area (Å²) in [5.74, 6) is 2.21. The number of anilines is 2. The van der Waals surface area contributed by atoms with E-state index >= 15 is 0 Å². The average Bonchev–Trinajstić information content (AvgIpc) is 3.29. The Balaban J connectivity index is 1.31. The Morgan fingerprint density at radius 2 is 1.91 bits per heavy atom. The first kappa shape index (κ1) is 21.5. The van der Waals surface area contributed by atoms with Gasteiger partial charge in [-0.3, -0.25) is 0 Å². The molecule has 2 fully saturated rings. The number of halogens is 1. The number of benzene rings is 1. The molecule has 1 unspecified atom stereocenters. The van der Waals surface area contributed by atoms with Crippen LogP contribution in [-0.4, -0.2) is 46.0 Å². The molecule has 8 nitrogen and oxygen atoms in total. The molecule has 2 aromatic heterocycles. The Morgan fingerprint density at radius 1 is 1.12 bits per heavy atom. The van der Waals surface area contributed by atoms with Crippen molar-refractivity contribution in [1.29, 1.82) is 0 Å². The second kappa shape index (κ2) is 8.88. The van der Waals surface area contributed by atoms with Gasteiger partial charge < -0.3 is 19.7 Å². The molecule has 2 bridgehead atoms. The highest BCUT2D eigenvalue weighted by Crippen LogP contribution is 2.40. The van der Waals surface area contributed by atoms with Crippen molar-refractivity contribution in [3.63, 3.8) is 0 Å². The van der Waals surface area contributed by atoms with Crippen molar-refractivity contribution >= 4 is 11.6 Å². The molecule has 0 spiro atoms. The van der Waals surface area contributed by atoms with Crippen molar-refractivity contribution in [2.45, 2.75) is 38.8 Å². The van der Waals surface area contributed by atoms with Crippen LogP contribution in [0.25, 0.3) is 0 Å². The van der Waals surface area contributed by atoms with Gasteiger partial charge in [0.1, 0.15) is 11.6 Å². The molecule has 1 aliphatic carbocycles. The zero-order valence-corrected chi connectivity index (χ0v) is 19.1. The molecule has 3 atom stereocenters. The van der Waals surface area contributed by atoms with Crippen LogP contribution in [0.4, 0.5) is 16.0 Å². The quantitative estimate of drug-likeness (QED) is 0.565. The summed E-state index contributed by atoms with van der Waals surface area (Å²) in [5, 5.41) is 8.25. The molecular weight excluding hydrogens is 423 g/mol. The van der Waals surface area contributed by atoms with Crippen LogP contribution >= 0.6 is 0 Å². The van der Waals surface area contributed by atoms with E-state index in [1.165, 1.54) is 25.0 Å². The second-order valence-electron chi connectivity index (χ2n) is 9.04. The van der Waals surface area contributed by atoms with Gasteiger partial charge in [-0.15, -0.1) is 5.10 Å². The number of hydrogen-bond donors (Lipinski definition) is 1. The molecule has 1 N–H and O–H groups in total. The van der Waals surface area contributed by atoms with Crippen molar-refractivity contribution < 1.29 is 13.9 Å². The lowest BCUT2D eigenvalue weighted by Gasteiger charge is -2.39. The van der Waals surface area contributed by atoms with Gasteiger partial charge in [0.2, 0.25) is 11.8 Å². The largest absolute Gasteiger partial charge is 0.481 e. The zero-order valence-electron chi connectivity index (χ0n) is 19.1. The van der Waals surface area contributed by atoms with Gasteiger partial charge >= 0.3 is 6.01 Å². The number of hydrogen-bond acceptors (Lipinski definition) is 7. The molecule has 2 aliphatic rings. The lowest BCUT2D eigenvalue weighted by molar-refractivity contribution is 0.372. The number of fused-ring (bicyclic) bond motifs is 2. The maximum atomic E-state index is 13.6. The van der Waals surface area contributed by atoms with E-state index in [9.17, 15) is 4.39 Å². The Bertz CT molecular complexity index is 1110. The van der Waals surface area contributed by atoms with Crippen molar-refractivity contribution in [3.05, 3.63) is 48.4 Å². The minimum Gasteiger partial charge on any atom is -0.481 e. The van der Waals surface area contributed by atoms with E-state index in [1.807, 2.05) is 26.0 Å². The first-order valence-corrected chi connectivity index (χ1v) is 11.4. The average molecular weight is 453 g/mol. The topological polar surface area (TPSA) is 77.3 Å². The number of piperidine rings is 1. The Hall–Kier alpha value is -3.36. The summed E-state index contributed by atoms with van der Waals surface area (Å²) in [6.45, 7) is 5.95. The van der Waals surface area contributed by atoms with E-state index in [2.05, 4.69) is 25.3 Å². The number of ether oxygens (including phenoxy) is 2. The summed E-state index contributed by atoms with van der Waals surface area (Å²) in [5.41, 5.74) is 1.14. The number of aromatic nitrogens is 4. The maximum Gasteiger partial charge on any atom is 0.322 e. The van der Waals surface area contributed by atoms with E-state index < -0.39 is 0 Å². The molecule has 1 aromatic carbocycles. The summed E-state index contributed by atoms with van der Waals surface area (Å²) >= 11 is 0. The molecule has 1 saturated heterocycles. The van der Waals surface area contributed by atoms with Crippen LogP contribution < -0.4 is 19.7 Å². The van der Waals surface area contributed by atoms with Crippen LogP contribution in [-0.2, 0) is 0 Å². The molecule has 3 aromatic rings. The summed E-state index contributed by atoms with van der Waals surface area (Å²) in [7, 11) is 1.64. The van der Waals surface area contributed by atoms with Crippen LogP contribution in [0.15, 0.2) is 42.6 Å². The smallest absolute Gasteiger partial charge is 0.322 e. The number of nitrogens with one attached hydrogen (secondary N) is 1. The fourth-order valence-electron chi connectivity index (χ4n) is 4.94. The third kappa shape index (κ3) is 4.44. The molecule has 33 heavy (non-hydrogen) atoms. The van der Waals surface area contributed by atoms with Gasteiger partial charge in [0.25, 0.3) is 0 Å². The van der Waals surface area contributed by atoms with Crippen molar-refractivity contribution in [2.24, 2.45) is 11.8 Å². The van der Waals surface area contributed by atoms with Gasteiger partial charge in [0, 0.05) is 43.1 Å². The molecule has 0 amide bonds. The Kier molecular flexibility index (Phi) is 5.78. The standard InChI is InChI=1S/C24H29FN6O2/c1-15(2)31-24(33-20-6-4-5-18(25)11-20)28-23(29-31)27-22-16-7-8-17(22)14-30(13-16)19-9-10-26-21(12-19)32-3/h4-6,9-12,15-17,22H,7-8,13-14H2,1-3H3,(H,27,29)/t16-,17+,22?. The molecule has 174 valence electrons. The fraction of sp³-hybridized carbons (Fsp3) is 0.458. The van der Waals surface area contributed by atoms with E-state index in [4.69, 9.17) is 9.47 Å². The lowest BCUT2D eigenvalue weighted by Crippen LogP contribution is -2.48. The van der Waals surface area contributed by atoms with E-state index in [0.29, 0.717) is 41.5 Å². The van der Waals surface area contributed by atoms with Crippen LogP contribution in [0.3, 0.4) is 0 Å². The maximum absolute atomic E-state index is 13.6. The van der Waals surface area contributed by atoms with E-state index in [1.54, 1.807) is 30.1 Å². The number of pyridine rings is 1. The van der Waals surface area contributed by atoms with Gasteiger partial charge in [-0.25, -0.2) is 14.1 Å². The number of methoxy groups -OCH3 is 1. The molecule has 5 rings (SSSR count). The normalized spacial score (nSPS) is 22.0. The fourth-order valence-corrected chi connectivity index (χ4v) is 4.94. The summed E-state index contributed by atoms with van der Waals surface area (Å²) in [6, 6.07) is 10.8. The van der Waals surface area contributed by atoms with Crippen LogP contribution in [0.5, 0.6) is 17.6 Å². The number of nitrogens with zero attached hydrogens (tertiary/aromatic N) is 5. The predicted octanol–water partition coefficient (Wildman–Crippen LogP) is 4.52. The molecule has 0 radical (unpaired) electrons. The first-order valence-electron chi connectivity index (χ1n) is 11.4. The Labute approximate surface area is 192 Å². The highest BCUT2D eigenvalue weighted by molar-refractivity contribution is 5.49. The summed E-state index contributed by atoms with van der Waals surface area (Å²) < 4.78 is 26.5. The molecule has 3 heterocycles. The second-order valence-corrected chi connectivity index (χ2v) is 9.04. The third-order valence-corrected chi connectivity index (χ3v) is 6.52. The predicted molar refractivity (Wildman–Crippen MR) is 124 cm³/mol. The van der Waals surface area contributed by atoms with Gasteiger partial charge in [0.05, 0.1) is 13.2 Å².